The summed E-state index contributed by atoms with van der Waals surface area (Å²) in [7, 11) is 0. The Hall–Kier alpha value is -3.45. The first-order valence-corrected chi connectivity index (χ1v) is 8.61. The molecule has 7 nitrogen and oxygen atoms in total. The van der Waals surface area contributed by atoms with Crippen molar-refractivity contribution in [2.75, 3.05) is 0 Å². The van der Waals surface area contributed by atoms with Gasteiger partial charge < -0.3 is 4.42 Å². The smallest absolute Gasteiger partial charge is 0.347 e. The lowest BCUT2D eigenvalue weighted by molar-refractivity contribution is 0.569. The average Bonchev–Trinajstić information content (AvgIpc) is 3.31. The van der Waals surface area contributed by atoms with Gasteiger partial charge in [0.1, 0.15) is 16.7 Å². The molecular formula is C19H12ClN5O2. The standard InChI is InChI=1S/C19H12ClN5O2/c20-12-5-7-14(8-6-12)24-10-13(22-23-24)11-25-18-15-3-1-2-4-17(15)27-19(26)16(18)9-21-25/h1-10H,11H2. The summed E-state index contributed by atoms with van der Waals surface area (Å²) < 4.78 is 8.77. The van der Waals surface area contributed by atoms with Crippen LogP contribution in [0.15, 0.2) is 70.1 Å². The molecule has 2 aromatic carbocycles. The van der Waals surface area contributed by atoms with Gasteiger partial charge >= 0.3 is 5.63 Å². The van der Waals surface area contributed by atoms with Crippen molar-refractivity contribution >= 4 is 33.5 Å². The molecule has 3 aromatic heterocycles. The van der Waals surface area contributed by atoms with E-state index >= 15 is 0 Å². The molecule has 8 heteroatoms. The van der Waals surface area contributed by atoms with Gasteiger partial charge in [-0.05, 0) is 36.4 Å². The van der Waals surface area contributed by atoms with Crippen molar-refractivity contribution in [3.05, 3.63) is 82.1 Å². The highest BCUT2D eigenvalue weighted by molar-refractivity contribution is 6.30. The molecule has 0 spiro atoms. The van der Waals surface area contributed by atoms with Crippen LogP contribution < -0.4 is 5.63 Å². The summed E-state index contributed by atoms with van der Waals surface area (Å²) in [6.45, 7) is 0.380. The van der Waals surface area contributed by atoms with Gasteiger partial charge in [-0.3, -0.25) is 4.68 Å². The fraction of sp³-hybridized carbons (Fsp3) is 0.0526. The van der Waals surface area contributed by atoms with E-state index in [0.29, 0.717) is 28.2 Å². The fourth-order valence-electron chi connectivity index (χ4n) is 3.09. The van der Waals surface area contributed by atoms with Crippen LogP contribution in [0.1, 0.15) is 5.69 Å². The van der Waals surface area contributed by atoms with E-state index in [1.165, 1.54) is 6.20 Å². The van der Waals surface area contributed by atoms with Crippen LogP contribution in [0.2, 0.25) is 5.02 Å². The maximum absolute atomic E-state index is 12.2. The average molecular weight is 378 g/mol. The first-order chi connectivity index (χ1) is 13.2. The molecule has 0 saturated heterocycles. The molecule has 5 aromatic rings. The minimum absolute atomic E-state index is 0.380. The molecule has 0 fully saturated rings. The Morgan fingerprint density at radius 1 is 1.04 bits per heavy atom. The molecule has 0 aliphatic carbocycles. The van der Waals surface area contributed by atoms with E-state index < -0.39 is 5.63 Å². The number of halogens is 1. The predicted molar refractivity (Wildman–Crippen MR) is 101 cm³/mol. The number of nitrogens with zero attached hydrogens (tertiary/aromatic N) is 5. The molecule has 0 aliphatic rings. The van der Waals surface area contributed by atoms with Gasteiger partial charge in [-0.15, -0.1) is 5.10 Å². The first kappa shape index (κ1) is 15.8. The largest absolute Gasteiger partial charge is 0.422 e. The molecule has 0 amide bonds. The van der Waals surface area contributed by atoms with E-state index in [0.717, 1.165) is 16.6 Å². The number of aromatic nitrogens is 5. The summed E-state index contributed by atoms with van der Waals surface area (Å²) in [4.78, 5) is 12.2. The van der Waals surface area contributed by atoms with Gasteiger partial charge in [0.05, 0.1) is 30.1 Å². The Labute approximate surface area is 157 Å². The zero-order valence-corrected chi connectivity index (χ0v) is 14.7. The molecule has 0 bridgehead atoms. The molecule has 132 valence electrons. The van der Waals surface area contributed by atoms with Crippen LogP contribution in [0.5, 0.6) is 0 Å². The van der Waals surface area contributed by atoms with Crippen LogP contribution in [0.3, 0.4) is 0 Å². The minimum Gasteiger partial charge on any atom is -0.422 e. The molecular weight excluding hydrogens is 366 g/mol. The lowest BCUT2D eigenvalue weighted by atomic mass is 10.2. The lowest BCUT2D eigenvalue weighted by Crippen LogP contribution is -2.04. The second-order valence-corrected chi connectivity index (χ2v) is 6.52. The zero-order valence-electron chi connectivity index (χ0n) is 13.9. The van der Waals surface area contributed by atoms with Crippen molar-refractivity contribution in [3.63, 3.8) is 0 Å². The summed E-state index contributed by atoms with van der Waals surface area (Å²) in [5.41, 5.74) is 2.42. The van der Waals surface area contributed by atoms with Crippen LogP contribution in [0.4, 0.5) is 0 Å². The number of hydrogen-bond donors (Lipinski definition) is 0. The van der Waals surface area contributed by atoms with E-state index in [2.05, 4.69) is 15.4 Å². The molecule has 0 aliphatic heterocycles. The van der Waals surface area contributed by atoms with Crippen molar-refractivity contribution < 1.29 is 4.42 Å². The molecule has 0 saturated carbocycles. The van der Waals surface area contributed by atoms with Crippen molar-refractivity contribution in [1.29, 1.82) is 0 Å². The molecule has 0 radical (unpaired) electrons. The number of para-hydroxylation sites is 1. The Morgan fingerprint density at radius 3 is 2.70 bits per heavy atom. The Kier molecular flexibility index (Phi) is 3.54. The molecule has 3 heterocycles. The summed E-state index contributed by atoms with van der Waals surface area (Å²) in [6.07, 6.45) is 3.35. The first-order valence-electron chi connectivity index (χ1n) is 8.23. The highest BCUT2D eigenvalue weighted by Gasteiger charge is 2.14. The summed E-state index contributed by atoms with van der Waals surface area (Å²) >= 11 is 5.93. The van der Waals surface area contributed by atoms with Crippen molar-refractivity contribution in [2.45, 2.75) is 6.54 Å². The van der Waals surface area contributed by atoms with Crippen molar-refractivity contribution in [3.8, 4) is 5.69 Å². The van der Waals surface area contributed by atoms with Crippen LogP contribution in [0.25, 0.3) is 27.6 Å². The summed E-state index contributed by atoms with van der Waals surface area (Å²) in [5, 5.41) is 14.7. The topological polar surface area (TPSA) is 78.7 Å². The molecule has 0 N–H and O–H groups in total. The maximum Gasteiger partial charge on any atom is 0.347 e. The maximum atomic E-state index is 12.2. The third-order valence-corrected chi connectivity index (χ3v) is 4.60. The van der Waals surface area contributed by atoms with Crippen LogP contribution in [-0.4, -0.2) is 24.8 Å². The normalized spacial score (nSPS) is 11.4. The van der Waals surface area contributed by atoms with E-state index in [1.54, 1.807) is 27.6 Å². The molecule has 5 rings (SSSR count). The van der Waals surface area contributed by atoms with E-state index in [4.69, 9.17) is 16.0 Å². The Balaban J connectivity index is 1.58. The highest BCUT2D eigenvalue weighted by Crippen LogP contribution is 2.23. The van der Waals surface area contributed by atoms with Gasteiger partial charge in [0.2, 0.25) is 0 Å². The number of rotatable bonds is 3. The van der Waals surface area contributed by atoms with Crippen LogP contribution in [-0.2, 0) is 6.54 Å². The third-order valence-electron chi connectivity index (χ3n) is 4.35. The quantitative estimate of drug-likeness (QED) is 0.450. The lowest BCUT2D eigenvalue weighted by Gasteiger charge is -2.03. The van der Waals surface area contributed by atoms with Gasteiger partial charge in [0, 0.05) is 10.4 Å². The highest BCUT2D eigenvalue weighted by atomic mass is 35.5. The predicted octanol–water partition coefficient (Wildman–Crippen LogP) is 3.43. The van der Waals surface area contributed by atoms with Gasteiger partial charge in [-0.25, -0.2) is 9.48 Å². The van der Waals surface area contributed by atoms with Gasteiger partial charge in [0.25, 0.3) is 0 Å². The molecule has 0 unspecified atom stereocenters. The summed E-state index contributed by atoms with van der Waals surface area (Å²) in [6, 6.07) is 14.7. The third kappa shape index (κ3) is 2.69. The van der Waals surface area contributed by atoms with Crippen LogP contribution >= 0.6 is 11.6 Å². The monoisotopic (exact) mass is 377 g/mol. The van der Waals surface area contributed by atoms with Gasteiger partial charge in [0.15, 0.2) is 0 Å². The minimum atomic E-state index is -0.403. The molecule has 0 atom stereocenters. The summed E-state index contributed by atoms with van der Waals surface area (Å²) in [5.74, 6) is 0. The van der Waals surface area contributed by atoms with E-state index in [-0.39, 0.29) is 0 Å². The number of hydrogen-bond acceptors (Lipinski definition) is 5. The SMILES string of the molecule is O=c1oc2ccccc2c2c1cnn2Cc1cn(-c2ccc(Cl)cc2)nn1. The Bertz CT molecular complexity index is 1330. The molecule has 27 heavy (non-hydrogen) atoms. The zero-order chi connectivity index (χ0) is 18.4. The van der Waals surface area contributed by atoms with Crippen LogP contribution in [0, 0.1) is 0 Å². The van der Waals surface area contributed by atoms with E-state index in [9.17, 15) is 4.79 Å². The fourth-order valence-corrected chi connectivity index (χ4v) is 3.22. The van der Waals surface area contributed by atoms with Crippen molar-refractivity contribution in [1.82, 2.24) is 24.8 Å². The second kappa shape index (κ2) is 6.07. The van der Waals surface area contributed by atoms with Crippen molar-refractivity contribution in [2.24, 2.45) is 0 Å². The number of fused-ring (bicyclic) bond motifs is 3. The van der Waals surface area contributed by atoms with E-state index in [1.807, 2.05) is 36.5 Å². The number of benzene rings is 2. The van der Waals surface area contributed by atoms with Gasteiger partial charge in [-0.2, -0.15) is 5.10 Å². The van der Waals surface area contributed by atoms with Gasteiger partial charge in [-0.1, -0.05) is 28.9 Å². The Morgan fingerprint density at radius 2 is 1.85 bits per heavy atom. The second-order valence-electron chi connectivity index (χ2n) is 6.08.